The van der Waals surface area contributed by atoms with E-state index in [-0.39, 0.29) is 5.41 Å². The van der Waals surface area contributed by atoms with Crippen molar-refractivity contribution >= 4 is 6.21 Å². The molecular weight excluding hydrogens is 158 g/mol. The number of aliphatic imine (C=N–C) groups is 1. The van der Waals surface area contributed by atoms with Gasteiger partial charge in [-0.15, -0.1) is 0 Å². The molecule has 0 unspecified atom stereocenters. The molecule has 0 amide bonds. The van der Waals surface area contributed by atoms with E-state index in [0.717, 1.165) is 0 Å². The molecule has 0 N–H and O–H groups in total. The van der Waals surface area contributed by atoms with Crippen LogP contribution in [0.25, 0.3) is 0 Å². The summed E-state index contributed by atoms with van der Waals surface area (Å²) in [5, 5.41) is 0. The fourth-order valence-corrected chi connectivity index (χ4v) is 0.883. The Morgan fingerprint density at radius 1 is 1.31 bits per heavy atom. The average Bonchev–Trinajstić information content (AvgIpc) is 2.02. The van der Waals surface area contributed by atoms with Crippen LogP contribution in [0.1, 0.15) is 27.7 Å². The summed E-state index contributed by atoms with van der Waals surface area (Å²) in [6.45, 7) is 12.2. The van der Waals surface area contributed by atoms with Crippen LogP contribution in [0.15, 0.2) is 41.6 Å². The van der Waals surface area contributed by atoms with Gasteiger partial charge in [0.15, 0.2) is 0 Å². The molecule has 0 fully saturated rings. The standard InChI is InChI=1S/C12H19N/c1-6-9-13-10-8-11(7-2)12(3,4)5/h6-10H,2H2,1,3-5H3/b9-6+,11-8+,13-10-. The topological polar surface area (TPSA) is 12.4 Å². The minimum Gasteiger partial charge on any atom is -0.265 e. The second kappa shape index (κ2) is 5.52. The van der Waals surface area contributed by atoms with E-state index in [2.05, 4.69) is 32.3 Å². The predicted octanol–water partition coefficient (Wildman–Crippen LogP) is 3.75. The lowest BCUT2D eigenvalue weighted by Crippen LogP contribution is -2.07. The molecule has 0 radical (unpaired) electrons. The van der Waals surface area contributed by atoms with Crippen molar-refractivity contribution in [2.75, 3.05) is 0 Å². The molecule has 0 rings (SSSR count). The summed E-state index contributed by atoms with van der Waals surface area (Å²) < 4.78 is 0. The average molecular weight is 177 g/mol. The van der Waals surface area contributed by atoms with Crippen LogP contribution in [0.5, 0.6) is 0 Å². The van der Waals surface area contributed by atoms with Gasteiger partial charge in [-0.25, -0.2) is 0 Å². The van der Waals surface area contributed by atoms with Crippen LogP contribution in [-0.2, 0) is 0 Å². The van der Waals surface area contributed by atoms with Gasteiger partial charge in [0, 0.05) is 12.4 Å². The molecule has 0 spiro atoms. The monoisotopic (exact) mass is 177 g/mol. The summed E-state index contributed by atoms with van der Waals surface area (Å²) in [7, 11) is 0. The molecule has 0 aliphatic heterocycles. The van der Waals surface area contributed by atoms with Crippen LogP contribution in [-0.4, -0.2) is 6.21 Å². The second-order valence-corrected chi connectivity index (χ2v) is 3.86. The van der Waals surface area contributed by atoms with Crippen LogP contribution in [0, 0.1) is 5.41 Å². The van der Waals surface area contributed by atoms with E-state index in [1.165, 1.54) is 5.57 Å². The molecule has 1 heteroatoms. The third-order valence-corrected chi connectivity index (χ3v) is 1.66. The molecule has 0 aliphatic carbocycles. The third-order valence-electron chi connectivity index (χ3n) is 1.66. The smallest absolute Gasteiger partial charge is 0.0270 e. The molecule has 0 aliphatic rings. The maximum Gasteiger partial charge on any atom is 0.0270 e. The zero-order valence-corrected chi connectivity index (χ0v) is 9.04. The summed E-state index contributed by atoms with van der Waals surface area (Å²) in [6.07, 6.45) is 9.33. The minimum absolute atomic E-state index is 0.143. The van der Waals surface area contributed by atoms with E-state index in [1.54, 1.807) is 12.4 Å². The Labute approximate surface area is 81.6 Å². The van der Waals surface area contributed by atoms with Crippen molar-refractivity contribution in [1.82, 2.24) is 0 Å². The number of hydrogen-bond donors (Lipinski definition) is 0. The van der Waals surface area contributed by atoms with Gasteiger partial charge >= 0.3 is 0 Å². The summed E-state index contributed by atoms with van der Waals surface area (Å²) in [6, 6.07) is 0. The lowest BCUT2D eigenvalue weighted by atomic mass is 9.86. The Bertz CT molecular complexity index is 236. The molecule has 72 valence electrons. The first kappa shape index (κ1) is 11.9. The Morgan fingerprint density at radius 3 is 2.31 bits per heavy atom. The van der Waals surface area contributed by atoms with Crippen molar-refractivity contribution in [3.8, 4) is 0 Å². The van der Waals surface area contributed by atoms with E-state index < -0.39 is 0 Å². The number of hydrogen-bond acceptors (Lipinski definition) is 1. The van der Waals surface area contributed by atoms with Gasteiger partial charge in [-0.1, -0.05) is 39.5 Å². The van der Waals surface area contributed by atoms with Gasteiger partial charge in [0.1, 0.15) is 0 Å². The fraction of sp³-hybridized carbons (Fsp3) is 0.417. The Kier molecular flexibility index (Phi) is 5.05. The highest BCUT2D eigenvalue weighted by Gasteiger charge is 2.12. The lowest BCUT2D eigenvalue weighted by Gasteiger charge is -2.19. The van der Waals surface area contributed by atoms with Crippen molar-refractivity contribution in [1.29, 1.82) is 0 Å². The fourth-order valence-electron chi connectivity index (χ4n) is 0.883. The van der Waals surface area contributed by atoms with Crippen LogP contribution < -0.4 is 0 Å². The number of rotatable bonds is 3. The van der Waals surface area contributed by atoms with E-state index >= 15 is 0 Å². The molecule has 0 atom stereocenters. The molecule has 0 aromatic heterocycles. The molecule has 0 aromatic rings. The Balaban J connectivity index is 4.50. The summed E-state index contributed by atoms with van der Waals surface area (Å²) in [5.74, 6) is 0. The van der Waals surface area contributed by atoms with Crippen LogP contribution >= 0.6 is 0 Å². The molecule has 13 heavy (non-hydrogen) atoms. The zero-order valence-electron chi connectivity index (χ0n) is 9.04. The van der Waals surface area contributed by atoms with Crippen molar-refractivity contribution in [3.63, 3.8) is 0 Å². The van der Waals surface area contributed by atoms with Gasteiger partial charge < -0.3 is 0 Å². The van der Waals surface area contributed by atoms with Gasteiger partial charge in [0.2, 0.25) is 0 Å². The number of allylic oxidation sites excluding steroid dienone is 4. The van der Waals surface area contributed by atoms with E-state index in [1.807, 2.05) is 25.2 Å². The first-order chi connectivity index (χ1) is 6.02. The Hall–Kier alpha value is -1.11. The highest BCUT2D eigenvalue weighted by atomic mass is 14.6. The van der Waals surface area contributed by atoms with Gasteiger partial charge in [-0.05, 0) is 24.0 Å². The maximum atomic E-state index is 4.06. The van der Waals surface area contributed by atoms with Crippen molar-refractivity contribution in [3.05, 3.63) is 36.6 Å². The van der Waals surface area contributed by atoms with Crippen LogP contribution in [0.3, 0.4) is 0 Å². The predicted molar refractivity (Wildman–Crippen MR) is 61.0 cm³/mol. The highest BCUT2D eigenvalue weighted by molar-refractivity contribution is 5.73. The second-order valence-electron chi connectivity index (χ2n) is 3.86. The van der Waals surface area contributed by atoms with Crippen LogP contribution in [0.2, 0.25) is 0 Å². The van der Waals surface area contributed by atoms with Gasteiger partial charge in [-0.2, -0.15) is 0 Å². The molecule has 0 saturated heterocycles. The summed E-state index contributed by atoms with van der Waals surface area (Å²) in [4.78, 5) is 4.06. The lowest BCUT2D eigenvalue weighted by molar-refractivity contribution is 0.518. The highest BCUT2D eigenvalue weighted by Crippen LogP contribution is 2.24. The first-order valence-electron chi connectivity index (χ1n) is 4.50. The largest absolute Gasteiger partial charge is 0.265 e. The number of nitrogens with zero attached hydrogens (tertiary/aromatic N) is 1. The Morgan fingerprint density at radius 2 is 1.92 bits per heavy atom. The maximum absolute atomic E-state index is 4.06. The molecule has 1 nitrogen and oxygen atoms in total. The van der Waals surface area contributed by atoms with Crippen molar-refractivity contribution in [2.45, 2.75) is 27.7 Å². The minimum atomic E-state index is 0.143. The van der Waals surface area contributed by atoms with Gasteiger partial charge in [0.05, 0.1) is 0 Å². The quantitative estimate of drug-likeness (QED) is 0.460. The SMILES string of the molecule is C=C\C(=C/C=N\C=C\C)C(C)(C)C. The zero-order chi connectivity index (χ0) is 10.3. The van der Waals surface area contributed by atoms with Crippen molar-refractivity contribution < 1.29 is 0 Å². The molecule has 0 bridgehead atoms. The normalized spacial score (nSPS) is 14.3. The van der Waals surface area contributed by atoms with E-state index in [4.69, 9.17) is 0 Å². The molecule has 0 saturated carbocycles. The van der Waals surface area contributed by atoms with E-state index in [0.29, 0.717) is 0 Å². The third kappa shape index (κ3) is 5.18. The molecule has 0 aromatic carbocycles. The summed E-state index contributed by atoms with van der Waals surface area (Å²) >= 11 is 0. The molecule has 0 heterocycles. The van der Waals surface area contributed by atoms with Crippen molar-refractivity contribution in [2.24, 2.45) is 10.4 Å². The molecular formula is C12H19N. The first-order valence-corrected chi connectivity index (χ1v) is 4.50. The van der Waals surface area contributed by atoms with E-state index in [9.17, 15) is 0 Å². The van der Waals surface area contributed by atoms with Gasteiger partial charge in [-0.3, -0.25) is 4.99 Å². The van der Waals surface area contributed by atoms with Crippen LogP contribution in [0.4, 0.5) is 0 Å². The summed E-state index contributed by atoms with van der Waals surface area (Å²) in [5.41, 5.74) is 1.34. The van der Waals surface area contributed by atoms with Gasteiger partial charge in [0.25, 0.3) is 0 Å².